The maximum Gasteiger partial charge on any atom is 0.270 e. The fraction of sp³-hybridized carbons (Fsp3) is 0.667. The van der Waals surface area contributed by atoms with E-state index in [1.165, 1.54) is 0 Å². The van der Waals surface area contributed by atoms with Crippen molar-refractivity contribution in [3.8, 4) is 0 Å². The molecule has 0 bridgehead atoms. The lowest BCUT2D eigenvalue weighted by Gasteiger charge is -2.17. The maximum absolute atomic E-state index is 12.0. The van der Waals surface area contributed by atoms with E-state index in [1.54, 1.807) is 0 Å². The van der Waals surface area contributed by atoms with Crippen LogP contribution in [0.2, 0.25) is 0 Å². The number of aryl methyl sites for hydroxylation is 1. The van der Waals surface area contributed by atoms with Crippen molar-refractivity contribution >= 4 is 9.84 Å². The molecule has 98 valence electrons. The average molecular weight is 268 g/mol. The van der Waals surface area contributed by atoms with Gasteiger partial charge in [0.2, 0.25) is 0 Å². The third-order valence-electron chi connectivity index (χ3n) is 3.84. The number of aromatic nitrogens is 2. The molecule has 2 aliphatic rings. The van der Waals surface area contributed by atoms with Crippen molar-refractivity contribution in [2.45, 2.75) is 49.3 Å². The van der Waals surface area contributed by atoms with Crippen molar-refractivity contribution in [3.63, 3.8) is 0 Å². The first-order valence-corrected chi connectivity index (χ1v) is 8.09. The van der Waals surface area contributed by atoms with Gasteiger partial charge in [0.15, 0.2) is 14.7 Å². The Labute approximate surface area is 106 Å². The molecule has 5 nitrogen and oxygen atoms in total. The Morgan fingerprint density at radius 2 is 1.89 bits per heavy atom. The molecule has 0 radical (unpaired) electrons. The van der Waals surface area contributed by atoms with Crippen LogP contribution in [-0.4, -0.2) is 24.1 Å². The highest BCUT2D eigenvalue weighted by Gasteiger charge is 2.30. The third kappa shape index (κ3) is 1.88. The maximum atomic E-state index is 12.0. The molecule has 6 heteroatoms. The Hall–Kier alpha value is -1.17. The zero-order chi connectivity index (χ0) is 12.8. The Morgan fingerprint density at radius 3 is 2.61 bits per heavy atom. The van der Waals surface area contributed by atoms with Crippen molar-refractivity contribution in [3.05, 3.63) is 21.9 Å². The molecule has 0 atom stereocenters. The zero-order valence-corrected chi connectivity index (χ0v) is 10.9. The number of aromatic amines is 1. The van der Waals surface area contributed by atoms with E-state index in [1.807, 2.05) is 0 Å². The van der Waals surface area contributed by atoms with Crippen LogP contribution in [0.25, 0.3) is 0 Å². The lowest BCUT2D eigenvalue weighted by atomic mass is 10.1. The van der Waals surface area contributed by atoms with Gasteiger partial charge in [-0.3, -0.25) is 4.79 Å². The van der Waals surface area contributed by atoms with E-state index in [-0.39, 0.29) is 10.6 Å². The molecule has 1 aromatic rings. The minimum atomic E-state index is -3.42. The van der Waals surface area contributed by atoms with Gasteiger partial charge in [0.25, 0.3) is 5.56 Å². The Kier molecular flexibility index (Phi) is 2.77. The fourth-order valence-corrected chi connectivity index (χ4v) is 4.51. The van der Waals surface area contributed by atoms with Gasteiger partial charge in [-0.1, -0.05) is 12.8 Å². The second-order valence-electron chi connectivity index (χ2n) is 5.13. The Morgan fingerprint density at radius 1 is 1.17 bits per heavy atom. The lowest BCUT2D eigenvalue weighted by Crippen LogP contribution is -2.29. The molecular weight excluding hydrogens is 252 g/mol. The number of nitrogens with zero attached hydrogens (tertiary/aromatic N) is 1. The molecule has 3 rings (SSSR count). The summed E-state index contributed by atoms with van der Waals surface area (Å²) in [5.41, 5.74) is 0.00787. The van der Waals surface area contributed by atoms with E-state index in [4.69, 9.17) is 0 Å². The van der Waals surface area contributed by atoms with Crippen LogP contribution < -0.4 is 5.56 Å². The lowest BCUT2D eigenvalue weighted by molar-refractivity contribution is 0.575. The minimum absolute atomic E-state index is 0.0630. The van der Waals surface area contributed by atoms with E-state index in [0.29, 0.717) is 30.3 Å². The number of fused-ring (bicyclic) bond motifs is 1. The van der Waals surface area contributed by atoms with Gasteiger partial charge < -0.3 is 4.98 Å². The van der Waals surface area contributed by atoms with E-state index in [9.17, 15) is 13.2 Å². The summed E-state index contributed by atoms with van der Waals surface area (Å²) in [7, 11) is -3.42. The van der Waals surface area contributed by atoms with E-state index >= 15 is 0 Å². The van der Waals surface area contributed by atoms with E-state index in [2.05, 4.69) is 9.97 Å². The molecule has 2 heterocycles. The Balaban J connectivity index is 2.13. The number of hydrogen-bond acceptors (Lipinski definition) is 4. The van der Waals surface area contributed by atoms with Crippen molar-refractivity contribution in [1.29, 1.82) is 0 Å². The second-order valence-corrected chi connectivity index (χ2v) is 7.18. The molecule has 18 heavy (non-hydrogen) atoms. The summed E-state index contributed by atoms with van der Waals surface area (Å²) < 4.78 is 23.7. The van der Waals surface area contributed by atoms with Crippen molar-refractivity contribution in [2.75, 3.05) is 5.75 Å². The first kappa shape index (κ1) is 11.9. The summed E-state index contributed by atoms with van der Waals surface area (Å²) in [4.78, 5) is 19.0. The largest absolute Gasteiger partial charge is 0.309 e. The summed E-state index contributed by atoms with van der Waals surface area (Å²) in [5.74, 6) is 1.05. The molecule has 0 aromatic carbocycles. The summed E-state index contributed by atoms with van der Waals surface area (Å²) in [6.45, 7) is 0. The highest BCUT2D eigenvalue weighted by Crippen LogP contribution is 2.32. The molecule has 0 amide bonds. The normalized spacial score (nSPS) is 22.9. The van der Waals surface area contributed by atoms with E-state index < -0.39 is 15.4 Å². The molecule has 1 aliphatic heterocycles. The van der Waals surface area contributed by atoms with Gasteiger partial charge in [-0.05, 0) is 25.7 Å². The first-order chi connectivity index (χ1) is 8.58. The molecule has 1 saturated carbocycles. The molecule has 1 N–H and O–H groups in total. The van der Waals surface area contributed by atoms with Gasteiger partial charge in [-0.2, -0.15) is 0 Å². The predicted molar refractivity (Wildman–Crippen MR) is 66.4 cm³/mol. The van der Waals surface area contributed by atoms with Crippen LogP contribution in [0.15, 0.2) is 9.69 Å². The summed E-state index contributed by atoms with van der Waals surface area (Å²) in [5, 5.41) is 0. The monoisotopic (exact) mass is 268 g/mol. The van der Waals surface area contributed by atoms with Crippen molar-refractivity contribution in [2.24, 2.45) is 0 Å². The molecule has 0 unspecified atom stereocenters. The predicted octanol–water partition coefficient (Wildman–Crippen LogP) is 1.15. The highest BCUT2D eigenvalue weighted by atomic mass is 32.2. The number of rotatable bonds is 1. The third-order valence-corrected chi connectivity index (χ3v) is 5.71. The van der Waals surface area contributed by atoms with Crippen molar-refractivity contribution < 1.29 is 8.42 Å². The van der Waals surface area contributed by atoms with Crippen molar-refractivity contribution in [1.82, 2.24) is 9.97 Å². The second kappa shape index (κ2) is 4.19. The number of H-pyrrole nitrogens is 1. The first-order valence-electron chi connectivity index (χ1n) is 6.44. The minimum Gasteiger partial charge on any atom is -0.309 e. The average Bonchev–Trinajstić information content (AvgIpc) is 2.80. The summed E-state index contributed by atoms with van der Waals surface area (Å²) >= 11 is 0. The summed E-state index contributed by atoms with van der Waals surface area (Å²) in [6.07, 6.45) is 5.55. The van der Waals surface area contributed by atoms with Gasteiger partial charge in [-0.25, -0.2) is 13.4 Å². The van der Waals surface area contributed by atoms with Crippen LogP contribution in [0.5, 0.6) is 0 Å². The van der Waals surface area contributed by atoms with Crippen LogP contribution in [0, 0.1) is 0 Å². The van der Waals surface area contributed by atoms with Crippen LogP contribution in [0.4, 0.5) is 0 Å². The van der Waals surface area contributed by atoms with Gasteiger partial charge in [-0.15, -0.1) is 0 Å². The molecule has 0 spiro atoms. The topological polar surface area (TPSA) is 79.9 Å². The van der Waals surface area contributed by atoms with E-state index in [0.717, 1.165) is 25.7 Å². The van der Waals surface area contributed by atoms with Gasteiger partial charge in [0.1, 0.15) is 5.82 Å². The summed E-state index contributed by atoms with van der Waals surface area (Å²) in [6, 6.07) is 0. The van der Waals surface area contributed by atoms with Crippen LogP contribution >= 0.6 is 0 Å². The standard InChI is InChI=1S/C12H16N2O3S/c15-12-10-9(6-3-7-18(10,16)17)13-11(14-12)8-4-1-2-5-8/h8H,1-7H2,(H,13,14,15). The van der Waals surface area contributed by atoms with Crippen LogP contribution in [0.3, 0.4) is 0 Å². The van der Waals surface area contributed by atoms with Gasteiger partial charge in [0, 0.05) is 5.92 Å². The molecule has 1 fully saturated rings. The number of sulfone groups is 1. The molecule has 1 aliphatic carbocycles. The zero-order valence-electron chi connectivity index (χ0n) is 10.1. The molecular formula is C12H16N2O3S. The number of nitrogens with one attached hydrogen (secondary N) is 1. The highest BCUT2D eigenvalue weighted by molar-refractivity contribution is 7.91. The quantitative estimate of drug-likeness (QED) is 0.828. The number of hydrogen-bond donors (Lipinski definition) is 1. The fourth-order valence-electron chi connectivity index (χ4n) is 2.94. The van der Waals surface area contributed by atoms with Gasteiger partial charge in [0.05, 0.1) is 11.4 Å². The van der Waals surface area contributed by atoms with Gasteiger partial charge >= 0.3 is 0 Å². The molecule has 1 aromatic heterocycles. The Bertz CT molecular complexity index is 627. The SMILES string of the molecule is O=c1[nH]c(C2CCCC2)nc2c1S(=O)(=O)CCC2. The smallest absolute Gasteiger partial charge is 0.270 e. The van der Waals surface area contributed by atoms with Crippen LogP contribution in [0.1, 0.15) is 49.5 Å². The molecule has 0 saturated heterocycles. The van der Waals surface area contributed by atoms with Crippen LogP contribution in [-0.2, 0) is 16.3 Å².